The predicted octanol–water partition coefficient (Wildman–Crippen LogP) is 3.42. The van der Waals surface area contributed by atoms with E-state index in [4.69, 9.17) is 16.3 Å². The maximum Gasteiger partial charge on any atom is 0.229 e. The number of ether oxygens (including phenoxy) is 1. The highest BCUT2D eigenvalue weighted by Crippen LogP contribution is 2.31. The Morgan fingerprint density at radius 2 is 2.10 bits per heavy atom. The summed E-state index contributed by atoms with van der Waals surface area (Å²) in [5, 5.41) is 13.5. The fourth-order valence-corrected chi connectivity index (χ4v) is 5.56. The Kier molecular flexibility index (Phi) is 4.66. The zero-order valence-corrected chi connectivity index (χ0v) is 17.5. The number of benzene rings is 1. The summed E-state index contributed by atoms with van der Waals surface area (Å²) < 4.78 is 34.3. The molecule has 4 aromatic rings. The van der Waals surface area contributed by atoms with Gasteiger partial charge in [-0.1, -0.05) is 16.8 Å². The Balaban J connectivity index is 1.62. The van der Waals surface area contributed by atoms with Crippen molar-refractivity contribution in [1.82, 2.24) is 19.8 Å². The summed E-state index contributed by atoms with van der Waals surface area (Å²) >= 11 is 7.39. The number of nitrogens with zero attached hydrogens (tertiary/aromatic N) is 4. The highest BCUT2D eigenvalue weighted by molar-refractivity contribution is 7.91. The lowest BCUT2D eigenvalue weighted by Gasteiger charge is -2.12. The summed E-state index contributed by atoms with van der Waals surface area (Å²) in [6, 6.07) is 7.82. The normalized spacial score (nSPS) is 17.3. The van der Waals surface area contributed by atoms with Crippen LogP contribution < -0.4 is 5.32 Å². The first kappa shape index (κ1) is 18.7. The van der Waals surface area contributed by atoms with E-state index >= 15 is 0 Å². The van der Waals surface area contributed by atoms with E-state index in [1.807, 2.05) is 11.4 Å². The summed E-state index contributed by atoms with van der Waals surface area (Å²) in [5.74, 6) is 0.604. The van der Waals surface area contributed by atoms with Gasteiger partial charge >= 0.3 is 0 Å². The molecular formula is C18H16ClN5O3S2. The highest BCUT2D eigenvalue weighted by Gasteiger charge is 2.27. The molecule has 0 saturated carbocycles. The fraction of sp³-hybridized carbons (Fsp3) is 0.278. The van der Waals surface area contributed by atoms with Crippen LogP contribution in [0, 0.1) is 0 Å². The summed E-state index contributed by atoms with van der Waals surface area (Å²) in [7, 11) is -3.90. The fourth-order valence-electron chi connectivity index (χ4n) is 3.36. The van der Waals surface area contributed by atoms with Crippen LogP contribution in [0.1, 0.15) is 12.8 Å². The molecule has 1 aliphatic heterocycles. The molecule has 1 aromatic carbocycles. The van der Waals surface area contributed by atoms with Crippen LogP contribution in [0.15, 0.2) is 45.6 Å². The second kappa shape index (κ2) is 7.21. The third-order valence-electron chi connectivity index (χ3n) is 4.82. The van der Waals surface area contributed by atoms with Gasteiger partial charge in [0, 0.05) is 18.2 Å². The number of nitrogens with one attached hydrogen (secondary N) is 1. The van der Waals surface area contributed by atoms with Gasteiger partial charge in [0.25, 0.3) is 0 Å². The van der Waals surface area contributed by atoms with Crippen LogP contribution in [0.25, 0.3) is 15.9 Å². The number of halogens is 1. The van der Waals surface area contributed by atoms with E-state index in [0.717, 1.165) is 29.7 Å². The van der Waals surface area contributed by atoms with Crippen molar-refractivity contribution in [3.8, 4) is 0 Å². The lowest BCUT2D eigenvalue weighted by atomic mass is 10.2. The number of anilines is 1. The van der Waals surface area contributed by atoms with Gasteiger partial charge in [-0.25, -0.2) is 13.4 Å². The van der Waals surface area contributed by atoms with Crippen molar-refractivity contribution in [2.45, 2.75) is 28.9 Å². The molecule has 1 aliphatic rings. The zero-order chi connectivity index (χ0) is 20.0. The quantitative estimate of drug-likeness (QED) is 0.498. The summed E-state index contributed by atoms with van der Waals surface area (Å²) in [5.41, 5.74) is 0.931. The van der Waals surface area contributed by atoms with Crippen molar-refractivity contribution < 1.29 is 13.2 Å². The number of hydrogen-bond acceptors (Lipinski definition) is 8. The van der Waals surface area contributed by atoms with E-state index in [9.17, 15) is 8.42 Å². The van der Waals surface area contributed by atoms with Gasteiger partial charge in [-0.05, 0) is 48.6 Å². The van der Waals surface area contributed by atoms with Gasteiger partial charge in [-0.2, -0.15) is 4.52 Å². The van der Waals surface area contributed by atoms with Crippen LogP contribution in [0.2, 0.25) is 5.02 Å². The van der Waals surface area contributed by atoms with Gasteiger partial charge in [0.2, 0.25) is 14.9 Å². The standard InChI is InChI=1S/C18H16ClN5O3S2/c19-11-3-5-13(6-4-11)29(25,26)18-17-21-16(20-10-12-2-1-8-27-12)15-14(7-9-28-15)24(17)23-22-18/h3-7,9,12H,1-2,8,10H2,(H,20,21)/t12-/m0/s1. The Bertz CT molecular complexity index is 1290. The van der Waals surface area contributed by atoms with Crippen LogP contribution in [-0.4, -0.2) is 47.5 Å². The number of thiophene rings is 1. The van der Waals surface area contributed by atoms with Gasteiger partial charge < -0.3 is 10.1 Å². The summed E-state index contributed by atoms with van der Waals surface area (Å²) in [6.45, 7) is 1.38. The van der Waals surface area contributed by atoms with Crippen molar-refractivity contribution in [3.05, 3.63) is 40.7 Å². The van der Waals surface area contributed by atoms with Crippen molar-refractivity contribution in [1.29, 1.82) is 0 Å². The molecule has 4 heterocycles. The smallest absolute Gasteiger partial charge is 0.229 e. The minimum atomic E-state index is -3.90. The molecule has 150 valence electrons. The number of fused-ring (bicyclic) bond motifs is 3. The molecule has 0 unspecified atom stereocenters. The first-order valence-corrected chi connectivity index (χ1v) is 11.8. The van der Waals surface area contributed by atoms with Gasteiger partial charge in [0.1, 0.15) is 5.82 Å². The lowest BCUT2D eigenvalue weighted by Crippen LogP contribution is -2.19. The first-order valence-electron chi connectivity index (χ1n) is 9.03. The van der Waals surface area contributed by atoms with Crippen LogP contribution in [0.3, 0.4) is 0 Å². The topological polar surface area (TPSA) is 98.5 Å². The highest BCUT2D eigenvalue weighted by atomic mass is 35.5. The van der Waals surface area contributed by atoms with E-state index in [0.29, 0.717) is 17.4 Å². The molecule has 11 heteroatoms. The third-order valence-corrected chi connectivity index (χ3v) is 7.65. The molecule has 3 aromatic heterocycles. The molecule has 0 aliphatic carbocycles. The Morgan fingerprint density at radius 1 is 1.28 bits per heavy atom. The molecular weight excluding hydrogens is 434 g/mol. The van der Waals surface area contributed by atoms with E-state index in [-0.39, 0.29) is 21.7 Å². The van der Waals surface area contributed by atoms with Gasteiger partial charge in [-0.15, -0.1) is 16.4 Å². The molecule has 1 saturated heterocycles. The average molecular weight is 450 g/mol. The minimum absolute atomic E-state index is 0.0883. The SMILES string of the molecule is O=S(=O)(c1ccc(Cl)cc1)c1nnn2c1nc(NC[C@@H]1CCCO1)c1sccc12. The Morgan fingerprint density at radius 3 is 2.86 bits per heavy atom. The number of sulfone groups is 1. The van der Waals surface area contributed by atoms with E-state index in [1.165, 1.54) is 40.1 Å². The van der Waals surface area contributed by atoms with Crippen LogP contribution in [0.4, 0.5) is 5.82 Å². The number of rotatable bonds is 5. The zero-order valence-electron chi connectivity index (χ0n) is 15.1. The van der Waals surface area contributed by atoms with Crippen molar-refractivity contribution in [3.63, 3.8) is 0 Å². The molecule has 5 rings (SSSR count). The Hall–Kier alpha value is -2.27. The van der Waals surface area contributed by atoms with Crippen molar-refractivity contribution >= 4 is 54.5 Å². The summed E-state index contributed by atoms with van der Waals surface area (Å²) in [6.07, 6.45) is 2.17. The molecule has 8 nitrogen and oxygen atoms in total. The number of aromatic nitrogens is 4. The molecule has 1 atom stereocenters. The maximum absolute atomic E-state index is 13.1. The molecule has 1 N–H and O–H groups in total. The molecule has 0 amide bonds. The molecule has 0 spiro atoms. The van der Waals surface area contributed by atoms with Crippen LogP contribution in [-0.2, 0) is 14.6 Å². The second-order valence-electron chi connectivity index (χ2n) is 6.70. The van der Waals surface area contributed by atoms with Crippen molar-refractivity contribution in [2.24, 2.45) is 0 Å². The number of hydrogen-bond donors (Lipinski definition) is 1. The monoisotopic (exact) mass is 449 g/mol. The van der Waals surface area contributed by atoms with E-state index in [2.05, 4.69) is 20.6 Å². The minimum Gasteiger partial charge on any atom is -0.376 e. The van der Waals surface area contributed by atoms with Gasteiger partial charge in [0.05, 0.1) is 21.2 Å². The Labute approximate surface area is 175 Å². The lowest BCUT2D eigenvalue weighted by molar-refractivity contribution is 0.120. The van der Waals surface area contributed by atoms with Crippen LogP contribution >= 0.6 is 22.9 Å². The average Bonchev–Trinajstić information content (AvgIpc) is 3.45. The van der Waals surface area contributed by atoms with Gasteiger partial charge in [-0.3, -0.25) is 0 Å². The molecule has 29 heavy (non-hydrogen) atoms. The van der Waals surface area contributed by atoms with E-state index in [1.54, 1.807) is 0 Å². The van der Waals surface area contributed by atoms with Crippen molar-refractivity contribution in [2.75, 3.05) is 18.5 Å². The third kappa shape index (κ3) is 3.25. The van der Waals surface area contributed by atoms with Crippen LogP contribution in [0.5, 0.6) is 0 Å². The molecule has 1 fully saturated rings. The largest absolute Gasteiger partial charge is 0.376 e. The first-order chi connectivity index (χ1) is 14.0. The summed E-state index contributed by atoms with van der Waals surface area (Å²) in [4.78, 5) is 4.67. The predicted molar refractivity (Wildman–Crippen MR) is 111 cm³/mol. The van der Waals surface area contributed by atoms with E-state index < -0.39 is 9.84 Å². The molecule has 0 radical (unpaired) electrons. The second-order valence-corrected chi connectivity index (χ2v) is 9.92. The maximum atomic E-state index is 13.1. The molecule has 0 bridgehead atoms. The van der Waals surface area contributed by atoms with Gasteiger partial charge in [0.15, 0.2) is 5.65 Å².